The van der Waals surface area contributed by atoms with Crippen molar-refractivity contribution in [3.63, 3.8) is 0 Å². The normalized spacial score (nSPS) is 11.5. The second-order valence-electron chi connectivity index (χ2n) is 12.9. The average molecular weight is 670 g/mol. The topological polar surface area (TPSA) is 16.4 Å². The summed E-state index contributed by atoms with van der Waals surface area (Å²) in [6.07, 6.45) is 0. The van der Waals surface area contributed by atoms with Crippen LogP contribution in [0.5, 0.6) is 0 Å². The molecule has 0 saturated heterocycles. The van der Waals surface area contributed by atoms with Gasteiger partial charge in [0.2, 0.25) is 0 Å². The van der Waals surface area contributed by atoms with Crippen molar-refractivity contribution in [1.82, 2.24) is 0 Å². The van der Waals surface area contributed by atoms with Crippen LogP contribution < -0.4 is 4.90 Å². The molecular formula is C48H31NOS. The van der Waals surface area contributed by atoms with Crippen molar-refractivity contribution in [2.45, 2.75) is 0 Å². The molecule has 3 heteroatoms. The van der Waals surface area contributed by atoms with Crippen LogP contribution in [0, 0.1) is 0 Å². The third kappa shape index (κ3) is 5.10. The van der Waals surface area contributed by atoms with Crippen molar-refractivity contribution < 1.29 is 4.42 Å². The van der Waals surface area contributed by atoms with E-state index in [2.05, 4.69) is 187 Å². The molecule has 51 heavy (non-hydrogen) atoms. The Labute approximate surface area is 300 Å². The molecule has 10 aromatic rings. The van der Waals surface area contributed by atoms with E-state index in [1.807, 2.05) is 17.4 Å². The van der Waals surface area contributed by atoms with Crippen LogP contribution in [0.1, 0.15) is 0 Å². The molecule has 0 N–H and O–H groups in total. The molecule has 0 fully saturated rings. The van der Waals surface area contributed by atoms with E-state index >= 15 is 0 Å². The van der Waals surface area contributed by atoms with Gasteiger partial charge in [-0.1, -0.05) is 140 Å². The number of para-hydroxylation sites is 2. The first-order valence-electron chi connectivity index (χ1n) is 17.3. The molecule has 0 aliphatic heterocycles. The maximum Gasteiger partial charge on any atom is 0.137 e. The lowest BCUT2D eigenvalue weighted by Gasteiger charge is -2.29. The van der Waals surface area contributed by atoms with Gasteiger partial charge in [0.25, 0.3) is 0 Å². The molecule has 10 rings (SSSR count). The van der Waals surface area contributed by atoms with Gasteiger partial charge in [-0.05, 0) is 76.3 Å². The monoisotopic (exact) mass is 669 g/mol. The van der Waals surface area contributed by atoms with Gasteiger partial charge >= 0.3 is 0 Å². The molecule has 0 radical (unpaired) electrons. The molecule has 0 aliphatic rings. The number of hydrogen-bond donors (Lipinski definition) is 0. The van der Waals surface area contributed by atoms with Gasteiger partial charge in [-0.2, -0.15) is 0 Å². The summed E-state index contributed by atoms with van der Waals surface area (Å²) in [4.78, 5) is 2.41. The van der Waals surface area contributed by atoms with E-state index in [4.69, 9.17) is 4.42 Å². The summed E-state index contributed by atoms with van der Waals surface area (Å²) in [5.74, 6) is 0. The number of thiophene rings is 1. The first-order valence-corrected chi connectivity index (χ1v) is 18.1. The summed E-state index contributed by atoms with van der Waals surface area (Å²) < 4.78 is 9.02. The second kappa shape index (κ2) is 12.2. The number of furan rings is 1. The van der Waals surface area contributed by atoms with Crippen molar-refractivity contribution in [1.29, 1.82) is 0 Å². The summed E-state index contributed by atoms with van der Waals surface area (Å²) in [5, 5.41) is 4.81. The van der Waals surface area contributed by atoms with E-state index in [0.717, 1.165) is 44.6 Å². The summed E-state index contributed by atoms with van der Waals surface area (Å²) in [7, 11) is 0. The molecule has 2 aromatic heterocycles. The summed E-state index contributed by atoms with van der Waals surface area (Å²) in [5.41, 5.74) is 12.1. The molecule has 0 spiro atoms. The molecule has 0 saturated carbocycles. The molecule has 0 unspecified atom stereocenters. The van der Waals surface area contributed by atoms with Crippen molar-refractivity contribution in [2.24, 2.45) is 0 Å². The fraction of sp³-hybridized carbons (Fsp3) is 0. The van der Waals surface area contributed by atoms with Crippen LogP contribution in [-0.2, 0) is 0 Å². The van der Waals surface area contributed by atoms with Gasteiger partial charge in [0.1, 0.15) is 11.2 Å². The Morgan fingerprint density at radius 2 is 0.980 bits per heavy atom. The smallest absolute Gasteiger partial charge is 0.137 e. The van der Waals surface area contributed by atoms with Crippen LogP contribution in [0.4, 0.5) is 17.1 Å². The highest BCUT2D eigenvalue weighted by Crippen LogP contribution is 2.47. The van der Waals surface area contributed by atoms with Crippen molar-refractivity contribution in [3.05, 3.63) is 188 Å². The van der Waals surface area contributed by atoms with Gasteiger partial charge in [-0.25, -0.2) is 0 Å². The number of nitrogens with zero attached hydrogens (tertiary/aromatic N) is 1. The molecule has 0 aliphatic carbocycles. The second-order valence-corrected chi connectivity index (χ2v) is 14.0. The first kappa shape index (κ1) is 29.5. The van der Waals surface area contributed by atoms with Crippen LogP contribution >= 0.6 is 11.3 Å². The van der Waals surface area contributed by atoms with E-state index < -0.39 is 0 Å². The lowest BCUT2D eigenvalue weighted by atomic mass is 9.98. The lowest BCUT2D eigenvalue weighted by molar-refractivity contribution is 0.669. The van der Waals surface area contributed by atoms with E-state index in [0.29, 0.717) is 0 Å². The zero-order chi connectivity index (χ0) is 33.7. The zero-order valence-electron chi connectivity index (χ0n) is 27.7. The maximum absolute atomic E-state index is 6.42. The Balaban J connectivity index is 1.17. The number of hydrogen-bond acceptors (Lipinski definition) is 3. The quantitative estimate of drug-likeness (QED) is 0.175. The van der Waals surface area contributed by atoms with Gasteiger partial charge in [0.15, 0.2) is 0 Å². The highest BCUT2D eigenvalue weighted by molar-refractivity contribution is 7.25. The van der Waals surface area contributed by atoms with E-state index in [1.165, 1.54) is 48.0 Å². The van der Waals surface area contributed by atoms with Crippen molar-refractivity contribution >= 4 is 70.5 Å². The SMILES string of the molecule is c1ccc(-c2ccc(-c3cccc(N(c4ccccc4-c4ccc5c(c4)sc4ccccc45)c4cccc5oc6ccccc6c45)c3)cc2)cc1. The van der Waals surface area contributed by atoms with Crippen LogP contribution in [-0.4, -0.2) is 0 Å². The molecule has 240 valence electrons. The third-order valence-electron chi connectivity index (χ3n) is 9.89. The minimum absolute atomic E-state index is 0.871. The van der Waals surface area contributed by atoms with Gasteiger partial charge in [0.05, 0.1) is 16.8 Å². The van der Waals surface area contributed by atoms with E-state index in [9.17, 15) is 0 Å². The van der Waals surface area contributed by atoms with E-state index in [1.54, 1.807) is 0 Å². The molecule has 8 aromatic carbocycles. The Kier molecular flexibility index (Phi) is 7.04. The Bertz CT molecular complexity index is 2860. The molecule has 2 heterocycles. The molecular weight excluding hydrogens is 639 g/mol. The van der Waals surface area contributed by atoms with Crippen LogP contribution in [0.3, 0.4) is 0 Å². The van der Waals surface area contributed by atoms with Crippen LogP contribution in [0.2, 0.25) is 0 Å². The third-order valence-corrected chi connectivity index (χ3v) is 11.0. The largest absolute Gasteiger partial charge is 0.456 e. The number of anilines is 3. The lowest BCUT2D eigenvalue weighted by Crippen LogP contribution is -2.11. The Hall–Kier alpha value is -6.42. The van der Waals surface area contributed by atoms with Crippen molar-refractivity contribution in [2.75, 3.05) is 4.90 Å². The molecule has 0 amide bonds. The number of fused-ring (bicyclic) bond motifs is 6. The van der Waals surface area contributed by atoms with Gasteiger partial charge in [0, 0.05) is 36.8 Å². The number of benzene rings is 8. The highest BCUT2D eigenvalue weighted by Gasteiger charge is 2.22. The number of rotatable bonds is 6. The highest BCUT2D eigenvalue weighted by atomic mass is 32.1. The minimum Gasteiger partial charge on any atom is -0.456 e. The first-order chi connectivity index (χ1) is 25.3. The molecule has 0 bridgehead atoms. The van der Waals surface area contributed by atoms with Crippen LogP contribution in [0.15, 0.2) is 192 Å². The zero-order valence-corrected chi connectivity index (χ0v) is 28.5. The molecule has 2 nitrogen and oxygen atoms in total. The van der Waals surface area contributed by atoms with E-state index in [-0.39, 0.29) is 0 Å². The fourth-order valence-corrected chi connectivity index (χ4v) is 8.61. The molecule has 0 atom stereocenters. The maximum atomic E-state index is 6.42. The predicted molar refractivity (Wildman–Crippen MR) is 218 cm³/mol. The summed E-state index contributed by atoms with van der Waals surface area (Å²) in [6.45, 7) is 0. The fourth-order valence-electron chi connectivity index (χ4n) is 7.47. The minimum atomic E-state index is 0.871. The van der Waals surface area contributed by atoms with Gasteiger partial charge in [-0.15, -0.1) is 11.3 Å². The Morgan fingerprint density at radius 3 is 1.86 bits per heavy atom. The van der Waals surface area contributed by atoms with Gasteiger partial charge < -0.3 is 9.32 Å². The summed E-state index contributed by atoms with van der Waals surface area (Å²) >= 11 is 1.85. The van der Waals surface area contributed by atoms with Crippen LogP contribution in [0.25, 0.3) is 75.5 Å². The predicted octanol–water partition coefficient (Wildman–Crippen LogP) is 14.4. The standard InChI is InChI=1S/C48H31NOS/c1-2-12-32(13-3-1)33-24-26-34(27-25-33)35-14-10-15-37(30-35)49(43-20-11-22-45-48(43)41-18-5-8-21-44(41)50-45)42-19-7-4-16-38(42)36-28-29-40-39-17-6-9-23-46(39)51-47(40)31-36/h1-31H. The summed E-state index contributed by atoms with van der Waals surface area (Å²) in [6, 6.07) is 67.4. The van der Waals surface area contributed by atoms with Gasteiger partial charge in [-0.3, -0.25) is 0 Å². The average Bonchev–Trinajstić information content (AvgIpc) is 3.77. The van der Waals surface area contributed by atoms with Crippen molar-refractivity contribution in [3.8, 4) is 33.4 Å². The Morgan fingerprint density at radius 1 is 0.373 bits per heavy atom.